The summed E-state index contributed by atoms with van der Waals surface area (Å²) in [6.07, 6.45) is 2.72. The average Bonchev–Trinajstić information content (AvgIpc) is 2.02. The largest absolute Gasteiger partial charge is 0.389 e. The second-order valence-electron chi connectivity index (χ2n) is 4.77. The summed E-state index contributed by atoms with van der Waals surface area (Å²) in [5.41, 5.74) is -0.589. The maximum Gasteiger partial charge on any atom is 0.0718 e. The second kappa shape index (κ2) is 5.10. The summed E-state index contributed by atoms with van der Waals surface area (Å²) in [7, 11) is 0. The Bertz CT molecular complexity index is 163. The lowest BCUT2D eigenvalue weighted by Crippen LogP contribution is -2.46. The van der Waals surface area contributed by atoms with Gasteiger partial charge in [-0.2, -0.15) is 0 Å². The molecule has 0 aromatic heterocycles. The van der Waals surface area contributed by atoms with Gasteiger partial charge in [0.25, 0.3) is 0 Å². The predicted molar refractivity (Wildman–Crippen MR) is 57.4 cm³/mol. The molecule has 0 saturated carbocycles. The Morgan fingerprint density at radius 3 is 2.79 bits per heavy atom. The van der Waals surface area contributed by atoms with Crippen LogP contribution in [-0.2, 0) is 4.74 Å². The molecule has 0 aromatic rings. The molecule has 1 N–H and O–H groups in total. The fourth-order valence-corrected chi connectivity index (χ4v) is 2.08. The first kappa shape index (κ1) is 12.0. The molecule has 3 nitrogen and oxygen atoms in total. The summed E-state index contributed by atoms with van der Waals surface area (Å²) >= 11 is 0. The SMILES string of the molecule is CCOC1CCCN(CC(C)(C)O)C1. The number of β-amino-alcohol motifs (C(OH)–C–C–N with tert-alkyl or cyclic N) is 1. The standard InChI is InChI=1S/C11H23NO2/c1-4-14-10-6-5-7-12(8-10)9-11(2,3)13/h10,13H,4-9H2,1-3H3. The van der Waals surface area contributed by atoms with Gasteiger partial charge in [-0.15, -0.1) is 0 Å². The van der Waals surface area contributed by atoms with Crippen molar-refractivity contribution in [1.29, 1.82) is 0 Å². The van der Waals surface area contributed by atoms with Gasteiger partial charge in [-0.05, 0) is 40.2 Å². The molecule has 1 atom stereocenters. The van der Waals surface area contributed by atoms with Crippen molar-refractivity contribution in [2.75, 3.05) is 26.2 Å². The molecule has 0 aromatic carbocycles. The van der Waals surface area contributed by atoms with Crippen molar-refractivity contribution in [2.45, 2.75) is 45.3 Å². The zero-order valence-electron chi connectivity index (χ0n) is 9.62. The van der Waals surface area contributed by atoms with E-state index in [1.54, 1.807) is 0 Å². The van der Waals surface area contributed by atoms with Crippen molar-refractivity contribution in [1.82, 2.24) is 4.90 Å². The first-order valence-electron chi connectivity index (χ1n) is 5.57. The second-order valence-corrected chi connectivity index (χ2v) is 4.77. The molecule has 1 fully saturated rings. The lowest BCUT2D eigenvalue weighted by Gasteiger charge is -2.35. The Kier molecular flexibility index (Phi) is 4.35. The van der Waals surface area contributed by atoms with E-state index < -0.39 is 5.60 Å². The average molecular weight is 201 g/mol. The van der Waals surface area contributed by atoms with Crippen LogP contribution in [0.15, 0.2) is 0 Å². The number of likely N-dealkylation sites (tertiary alicyclic amines) is 1. The summed E-state index contributed by atoms with van der Waals surface area (Å²) in [6.45, 7) is 9.35. The normalized spacial score (nSPS) is 25.3. The van der Waals surface area contributed by atoms with Gasteiger partial charge in [0.1, 0.15) is 0 Å². The summed E-state index contributed by atoms with van der Waals surface area (Å²) in [5, 5.41) is 9.70. The third kappa shape index (κ3) is 4.40. The van der Waals surface area contributed by atoms with Crippen molar-refractivity contribution in [3.8, 4) is 0 Å². The van der Waals surface area contributed by atoms with E-state index in [0.717, 1.165) is 32.7 Å². The number of piperidine rings is 1. The van der Waals surface area contributed by atoms with Crippen LogP contribution in [0.5, 0.6) is 0 Å². The van der Waals surface area contributed by atoms with E-state index in [9.17, 15) is 5.11 Å². The highest BCUT2D eigenvalue weighted by molar-refractivity contribution is 4.78. The highest BCUT2D eigenvalue weighted by atomic mass is 16.5. The molecule has 1 rings (SSSR count). The molecular weight excluding hydrogens is 178 g/mol. The van der Waals surface area contributed by atoms with Gasteiger partial charge in [-0.25, -0.2) is 0 Å². The van der Waals surface area contributed by atoms with E-state index in [0.29, 0.717) is 6.10 Å². The third-order valence-corrected chi connectivity index (χ3v) is 2.48. The lowest BCUT2D eigenvalue weighted by atomic mass is 10.0. The zero-order chi connectivity index (χ0) is 10.6. The van der Waals surface area contributed by atoms with Crippen LogP contribution in [0.2, 0.25) is 0 Å². The van der Waals surface area contributed by atoms with Crippen molar-refractivity contribution in [3.63, 3.8) is 0 Å². The molecule has 0 radical (unpaired) electrons. The van der Waals surface area contributed by atoms with E-state index in [-0.39, 0.29) is 0 Å². The van der Waals surface area contributed by atoms with Crippen LogP contribution in [0.1, 0.15) is 33.6 Å². The summed E-state index contributed by atoms with van der Waals surface area (Å²) < 4.78 is 5.60. The van der Waals surface area contributed by atoms with Gasteiger partial charge in [-0.1, -0.05) is 0 Å². The molecule has 14 heavy (non-hydrogen) atoms. The Balaban J connectivity index is 2.32. The summed E-state index contributed by atoms with van der Waals surface area (Å²) in [6, 6.07) is 0. The molecule has 0 spiro atoms. The van der Waals surface area contributed by atoms with Gasteiger partial charge in [0.15, 0.2) is 0 Å². The van der Waals surface area contributed by atoms with Crippen molar-refractivity contribution < 1.29 is 9.84 Å². The van der Waals surface area contributed by atoms with Crippen LogP contribution in [-0.4, -0.2) is 48.0 Å². The number of aliphatic hydroxyl groups is 1. The fourth-order valence-electron chi connectivity index (χ4n) is 2.08. The van der Waals surface area contributed by atoms with Crippen LogP contribution >= 0.6 is 0 Å². The molecule has 84 valence electrons. The van der Waals surface area contributed by atoms with Crippen LogP contribution < -0.4 is 0 Å². The van der Waals surface area contributed by atoms with Crippen molar-refractivity contribution in [3.05, 3.63) is 0 Å². The Labute approximate surface area is 87.1 Å². The molecule has 1 unspecified atom stereocenters. The number of rotatable bonds is 4. The molecule has 0 bridgehead atoms. The maximum atomic E-state index is 9.70. The van der Waals surface area contributed by atoms with Crippen LogP contribution in [0.3, 0.4) is 0 Å². The Hall–Kier alpha value is -0.120. The maximum absolute atomic E-state index is 9.70. The molecule has 3 heteroatoms. The van der Waals surface area contributed by atoms with Crippen LogP contribution in [0, 0.1) is 0 Å². The van der Waals surface area contributed by atoms with Gasteiger partial charge < -0.3 is 9.84 Å². The monoisotopic (exact) mass is 201 g/mol. The molecule has 0 aliphatic carbocycles. The zero-order valence-corrected chi connectivity index (χ0v) is 9.62. The first-order valence-corrected chi connectivity index (χ1v) is 5.57. The highest BCUT2D eigenvalue weighted by Gasteiger charge is 2.24. The molecule has 1 saturated heterocycles. The quantitative estimate of drug-likeness (QED) is 0.743. The van der Waals surface area contributed by atoms with Crippen molar-refractivity contribution in [2.24, 2.45) is 0 Å². The van der Waals surface area contributed by atoms with E-state index in [4.69, 9.17) is 4.74 Å². The van der Waals surface area contributed by atoms with Gasteiger partial charge in [0.2, 0.25) is 0 Å². The summed E-state index contributed by atoms with van der Waals surface area (Å²) in [5.74, 6) is 0. The minimum absolute atomic E-state index is 0.371. The molecular formula is C11H23NO2. The lowest BCUT2D eigenvalue weighted by molar-refractivity contribution is -0.0250. The fraction of sp³-hybridized carbons (Fsp3) is 1.00. The van der Waals surface area contributed by atoms with Crippen LogP contribution in [0.4, 0.5) is 0 Å². The van der Waals surface area contributed by atoms with Gasteiger partial charge in [0.05, 0.1) is 11.7 Å². The minimum Gasteiger partial charge on any atom is -0.389 e. The van der Waals surface area contributed by atoms with E-state index in [1.165, 1.54) is 6.42 Å². The number of hydrogen-bond acceptors (Lipinski definition) is 3. The van der Waals surface area contributed by atoms with Gasteiger partial charge in [0, 0.05) is 19.7 Å². The van der Waals surface area contributed by atoms with E-state index in [1.807, 2.05) is 20.8 Å². The van der Waals surface area contributed by atoms with Gasteiger partial charge >= 0.3 is 0 Å². The molecule has 1 heterocycles. The minimum atomic E-state index is -0.589. The number of hydrogen-bond donors (Lipinski definition) is 1. The topological polar surface area (TPSA) is 32.7 Å². The smallest absolute Gasteiger partial charge is 0.0718 e. The number of ether oxygens (including phenoxy) is 1. The number of nitrogens with zero attached hydrogens (tertiary/aromatic N) is 1. The van der Waals surface area contributed by atoms with E-state index >= 15 is 0 Å². The summed E-state index contributed by atoms with van der Waals surface area (Å²) in [4.78, 5) is 2.30. The van der Waals surface area contributed by atoms with Crippen molar-refractivity contribution >= 4 is 0 Å². The third-order valence-electron chi connectivity index (χ3n) is 2.48. The van der Waals surface area contributed by atoms with Gasteiger partial charge in [-0.3, -0.25) is 4.90 Å². The molecule has 1 aliphatic heterocycles. The predicted octanol–water partition coefficient (Wildman–Crippen LogP) is 1.26. The molecule has 1 aliphatic rings. The van der Waals surface area contributed by atoms with Crippen LogP contribution in [0.25, 0.3) is 0 Å². The Morgan fingerprint density at radius 2 is 2.21 bits per heavy atom. The Morgan fingerprint density at radius 1 is 1.50 bits per heavy atom. The van der Waals surface area contributed by atoms with E-state index in [2.05, 4.69) is 4.90 Å². The molecule has 0 amide bonds. The first-order chi connectivity index (χ1) is 6.51. The highest BCUT2D eigenvalue weighted by Crippen LogP contribution is 2.15.